The van der Waals surface area contributed by atoms with E-state index >= 15 is 0 Å². The second-order valence-electron chi connectivity index (χ2n) is 6.60. The van der Waals surface area contributed by atoms with Crippen molar-refractivity contribution in [1.29, 1.82) is 0 Å². The zero-order valence-corrected chi connectivity index (χ0v) is 15.5. The molecule has 1 atom stereocenters. The van der Waals surface area contributed by atoms with Crippen LogP contribution in [0, 0.1) is 0 Å². The maximum atomic E-state index is 6.11. The number of halogens is 1. The Labute approximate surface area is 158 Å². The first kappa shape index (κ1) is 17.1. The predicted octanol–water partition coefficient (Wildman–Crippen LogP) is 3.92. The summed E-state index contributed by atoms with van der Waals surface area (Å²) in [5.41, 5.74) is 3.36. The summed E-state index contributed by atoms with van der Waals surface area (Å²) in [4.78, 5) is 6.92. The number of hydrogen-bond donors (Lipinski definition) is 1. The Morgan fingerprint density at radius 2 is 2.00 bits per heavy atom. The first-order chi connectivity index (χ1) is 12.7. The number of pyridine rings is 1. The number of fused-ring (bicyclic) bond motifs is 1. The van der Waals surface area contributed by atoms with Gasteiger partial charge in [-0.3, -0.25) is 0 Å². The predicted molar refractivity (Wildman–Crippen MR) is 107 cm³/mol. The summed E-state index contributed by atoms with van der Waals surface area (Å²) < 4.78 is 5.47. The van der Waals surface area contributed by atoms with Crippen molar-refractivity contribution in [3.8, 4) is 5.75 Å². The van der Waals surface area contributed by atoms with Crippen molar-refractivity contribution in [2.75, 3.05) is 31.6 Å². The van der Waals surface area contributed by atoms with E-state index in [1.165, 1.54) is 11.3 Å². The molecule has 2 aromatic carbocycles. The summed E-state index contributed by atoms with van der Waals surface area (Å²) in [5, 5.41) is 5.20. The van der Waals surface area contributed by atoms with E-state index in [0.717, 1.165) is 42.7 Å². The minimum atomic E-state index is 0.420. The summed E-state index contributed by atoms with van der Waals surface area (Å²) in [6, 6.07) is 19.1. The van der Waals surface area contributed by atoms with E-state index in [2.05, 4.69) is 51.6 Å². The van der Waals surface area contributed by atoms with Crippen LogP contribution in [-0.2, 0) is 6.42 Å². The van der Waals surface area contributed by atoms with Crippen LogP contribution in [0.15, 0.2) is 54.6 Å². The fraction of sp³-hybridized carbons (Fsp3) is 0.286. The third-order valence-electron chi connectivity index (χ3n) is 4.90. The summed E-state index contributed by atoms with van der Waals surface area (Å²) in [7, 11) is 1.66. The Bertz CT molecular complexity index is 900. The molecular formula is C21H22ClN3O. The molecule has 134 valence electrons. The zero-order valence-electron chi connectivity index (χ0n) is 14.8. The topological polar surface area (TPSA) is 37.4 Å². The summed E-state index contributed by atoms with van der Waals surface area (Å²) in [6.45, 7) is 2.89. The van der Waals surface area contributed by atoms with Gasteiger partial charge in [-0.25, -0.2) is 4.98 Å². The molecule has 0 amide bonds. The van der Waals surface area contributed by atoms with E-state index in [1.54, 1.807) is 7.11 Å². The normalized spacial score (nSPS) is 17.5. The van der Waals surface area contributed by atoms with E-state index in [1.807, 2.05) is 18.2 Å². The van der Waals surface area contributed by atoms with Crippen molar-refractivity contribution in [2.24, 2.45) is 0 Å². The largest absolute Gasteiger partial charge is 0.494 e. The lowest BCUT2D eigenvalue weighted by Gasteiger charge is -2.36. The number of anilines is 1. The number of hydrogen-bond acceptors (Lipinski definition) is 4. The van der Waals surface area contributed by atoms with Crippen molar-refractivity contribution >= 4 is 28.2 Å². The second kappa shape index (κ2) is 7.52. The molecule has 0 bridgehead atoms. The van der Waals surface area contributed by atoms with Crippen molar-refractivity contribution in [3.63, 3.8) is 0 Å². The van der Waals surface area contributed by atoms with Gasteiger partial charge < -0.3 is 15.0 Å². The molecular weight excluding hydrogens is 346 g/mol. The smallest absolute Gasteiger partial charge is 0.145 e. The van der Waals surface area contributed by atoms with Gasteiger partial charge in [-0.1, -0.05) is 41.9 Å². The molecule has 1 aliphatic heterocycles. The number of methoxy groups -OCH3 is 1. The lowest BCUT2D eigenvalue weighted by atomic mass is 10.0. The summed E-state index contributed by atoms with van der Waals surface area (Å²) >= 11 is 6.11. The molecule has 1 N–H and O–H groups in total. The van der Waals surface area contributed by atoms with Gasteiger partial charge >= 0.3 is 0 Å². The molecule has 0 spiro atoms. The average molecular weight is 368 g/mol. The highest BCUT2D eigenvalue weighted by Gasteiger charge is 2.22. The van der Waals surface area contributed by atoms with E-state index in [9.17, 15) is 0 Å². The molecule has 1 aromatic heterocycles. The summed E-state index contributed by atoms with van der Waals surface area (Å²) in [5.74, 6) is 0.752. The van der Waals surface area contributed by atoms with E-state index in [0.29, 0.717) is 11.2 Å². The Hall–Kier alpha value is -2.30. The number of piperazine rings is 1. The van der Waals surface area contributed by atoms with Crippen molar-refractivity contribution in [1.82, 2.24) is 10.3 Å². The number of ether oxygens (including phenoxy) is 1. The van der Waals surface area contributed by atoms with Gasteiger partial charge in [0.2, 0.25) is 0 Å². The van der Waals surface area contributed by atoms with Crippen LogP contribution in [0.5, 0.6) is 5.75 Å². The molecule has 26 heavy (non-hydrogen) atoms. The molecule has 1 aliphatic rings. The Kier molecular flexibility index (Phi) is 4.96. The minimum absolute atomic E-state index is 0.420. The average Bonchev–Trinajstić information content (AvgIpc) is 2.68. The van der Waals surface area contributed by atoms with E-state index in [-0.39, 0.29) is 0 Å². The maximum Gasteiger partial charge on any atom is 0.145 e. The Balaban J connectivity index is 1.62. The number of aromatic nitrogens is 1. The molecule has 1 fully saturated rings. The van der Waals surface area contributed by atoms with E-state index in [4.69, 9.17) is 16.3 Å². The van der Waals surface area contributed by atoms with Gasteiger partial charge in [-0.05, 0) is 36.2 Å². The van der Waals surface area contributed by atoms with Gasteiger partial charge in [0.1, 0.15) is 16.4 Å². The van der Waals surface area contributed by atoms with Gasteiger partial charge in [-0.2, -0.15) is 0 Å². The van der Waals surface area contributed by atoms with Crippen molar-refractivity contribution in [3.05, 3.63) is 65.3 Å². The number of rotatable bonds is 4. The first-order valence-electron chi connectivity index (χ1n) is 8.90. The number of nitrogens with one attached hydrogen (secondary N) is 1. The molecule has 2 heterocycles. The molecule has 4 nitrogen and oxygen atoms in total. The van der Waals surface area contributed by atoms with Crippen LogP contribution in [0.3, 0.4) is 0 Å². The molecule has 1 unspecified atom stereocenters. The monoisotopic (exact) mass is 367 g/mol. The van der Waals surface area contributed by atoms with Crippen molar-refractivity contribution < 1.29 is 4.74 Å². The van der Waals surface area contributed by atoms with Crippen LogP contribution in [0.2, 0.25) is 5.15 Å². The highest BCUT2D eigenvalue weighted by atomic mass is 35.5. The lowest BCUT2D eigenvalue weighted by molar-refractivity contribution is 0.418. The molecule has 5 heteroatoms. The molecule has 0 radical (unpaired) electrons. The van der Waals surface area contributed by atoms with Crippen LogP contribution in [0.4, 0.5) is 5.69 Å². The van der Waals surface area contributed by atoms with Crippen LogP contribution in [0.1, 0.15) is 5.56 Å². The second-order valence-corrected chi connectivity index (χ2v) is 6.99. The molecule has 1 saturated heterocycles. The summed E-state index contributed by atoms with van der Waals surface area (Å²) in [6.07, 6.45) is 1.02. The highest BCUT2D eigenvalue weighted by molar-refractivity contribution is 6.30. The highest BCUT2D eigenvalue weighted by Crippen LogP contribution is 2.34. The van der Waals surface area contributed by atoms with Crippen LogP contribution < -0.4 is 15.0 Å². The third-order valence-corrected chi connectivity index (χ3v) is 5.11. The van der Waals surface area contributed by atoms with Gasteiger partial charge in [-0.15, -0.1) is 0 Å². The Morgan fingerprint density at radius 3 is 2.81 bits per heavy atom. The van der Waals surface area contributed by atoms with Gasteiger partial charge in [0, 0.05) is 36.7 Å². The first-order valence-corrected chi connectivity index (χ1v) is 9.28. The van der Waals surface area contributed by atoms with Gasteiger partial charge in [0.25, 0.3) is 0 Å². The molecule has 0 aliphatic carbocycles. The zero-order chi connectivity index (χ0) is 17.9. The maximum absolute atomic E-state index is 6.11. The molecule has 3 aromatic rings. The number of nitrogens with zero attached hydrogens (tertiary/aromatic N) is 2. The molecule has 0 saturated carbocycles. The fourth-order valence-corrected chi connectivity index (χ4v) is 3.82. The quantitative estimate of drug-likeness (QED) is 0.709. The molecule has 4 rings (SSSR count). The Morgan fingerprint density at radius 1 is 1.15 bits per heavy atom. The minimum Gasteiger partial charge on any atom is -0.494 e. The van der Waals surface area contributed by atoms with Crippen molar-refractivity contribution in [2.45, 2.75) is 12.5 Å². The van der Waals surface area contributed by atoms with Crippen LogP contribution in [-0.4, -0.2) is 37.8 Å². The van der Waals surface area contributed by atoms with Gasteiger partial charge in [0.15, 0.2) is 0 Å². The fourth-order valence-electron chi connectivity index (χ4n) is 3.67. The van der Waals surface area contributed by atoms with Gasteiger partial charge in [0.05, 0.1) is 7.11 Å². The van der Waals surface area contributed by atoms with Crippen LogP contribution in [0.25, 0.3) is 10.9 Å². The number of benzene rings is 2. The van der Waals surface area contributed by atoms with E-state index < -0.39 is 0 Å². The third kappa shape index (κ3) is 3.48. The van der Waals surface area contributed by atoms with Crippen LogP contribution >= 0.6 is 11.6 Å². The lowest BCUT2D eigenvalue weighted by Crippen LogP contribution is -2.51. The standard InChI is InChI=1S/C21H22ClN3O/c1-26-19-9-8-18(17-7-10-20(22)24-21(17)19)25-12-11-23-16(14-25)13-15-5-3-2-4-6-15/h2-10,16,23H,11-14H2,1H3. The SMILES string of the molecule is COc1ccc(N2CCNC(Cc3ccccc3)C2)c2ccc(Cl)nc12.